The van der Waals surface area contributed by atoms with E-state index in [0.717, 1.165) is 28.1 Å². The quantitative estimate of drug-likeness (QED) is 0.663. The van der Waals surface area contributed by atoms with Gasteiger partial charge < -0.3 is 0 Å². The smallest absolute Gasteiger partial charge is 0.106 e. The molecule has 0 aliphatic heterocycles. The maximum atomic E-state index is 13.7. The van der Waals surface area contributed by atoms with E-state index in [9.17, 15) is 8.78 Å². The van der Waals surface area contributed by atoms with Gasteiger partial charge in [-0.25, -0.2) is 9.37 Å². The second-order valence-corrected chi connectivity index (χ2v) is 5.53. The summed E-state index contributed by atoms with van der Waals surface area (Å²) in [6.07, 6.45) is 2.12. The number of unbranched alkanes of at least 4 members (excludes halogenated alkanes) is 2. The number of benzene rings is 1. The molecule has 0 aliphatic carbocycles. The average molecular weight is 269 g/mol. The van der Waals surface area contributed by atoms with E-state index in [-0.39, 0.29) is 6.67 Å². The monoisotopic (exact) mass is 269 g/mol. The van der Waals surface area contributed by atoms with Crippen molar-refractivity contribution in [3.05, 3.63) is 29.3 Å². The average Bonchev–Trinajstić information content (AvgIpc) is 2.76. The summed E-state index contributed by atoms with van der Waals surface area (Å²) in [4.78, 5) is 4.42. The van der Waals surface area contributed by atoms with Crippen LogP contribution in [0.5, 0.6) is 0 Å². The Morgan fingerprint density at radius 2 is 2.00 bits per heavy atom. The summed E-state index contributed by atoms with van der Waals surface area (Å²) in [5.41, 5.74) is 0.946. The molecule has 18 heavy (non-hydrogen) atoms. The molecule has 1 atom stereocenters. The van der Waals surface area contributed by atoms with E-state index < -0.39 is 6.17 Å². The Morgan fingerprint density at radius 3 is 2.78 bits per heavy atom. The lowest BCUT2D eigenvalue weighted by atomic mass is 10.1. The Kier molecular flexibility index (Phi) is 5.05. The third-order valence-corrected chi connectivity index (χ3v) is 3.94. The van der Waals surface area contributed by atoms with Crippen molar-refractivity contribution in [2.24, 2.45) is 0 Å². The van der Waals surface area contributed by atoms with Crippen LogP contribution in [0.2, 0.25) is 0 Å². The van der Waals surface area contributed by atoms with E-state index in [0.29, 0.717) is 19.3 Å². The number of thiazole rings is 1. The Morgan fingerprint density at radius 1 is 1.17 bits per heavy atom. The van der Waals surface area contributed by atoms with Gasteiger partial charge in [-0.15, -0.1) is 11.3 Å². The summed E-state index contributed by atoms with van der Waals surface area (Å²) in [5, 5.41) is 0.856. The summed E-state index contributed by atoms with van der Waals surface area (Å²) in [6, 6.07) is 7.86. The van der Waals surface area contributed by atoms with Crippen LogP contribution in [-0.2, 0) is 6.42 Å². The number of rotatable bonds is 7. The van der Waals surface area contributed by atoms with Crippen LogP contribution in [0.15, 0.2) is 24.3 Å². The third-order valence-electron chi connectivity index (χ3n) is 2.89. The minimum absolute atomic E-state index is 0.297. The van der Waals surface area contributed by atoms with Gasteiger partial charge in [-0.3, -0.25) is 4.39 Å². The van der Waals surface area contributed by atoms with E-state index in [2.05, 4.69) is 4.98 Å². The number of para-hydroxylation sites is 1. The van der Waals surface area contributed by atoms with Gasteiger partial charge in [0.2, 0.25) is 0 Å². The molecule has 2 aromatic rings. The molecular formula is C14H17F2NS. The largest absolute Gasteiger partial charge is 0.251 e. The van der Waals surface area contributed by atoms with Crippen LogP contribution in [0.1, 0.15) is 30.7 Å². The summed E-state index contributed by atoms with van der Waals surface area (Å²) >= 11 is 1.56. The maximum Gasteiger partial charge on any atom is 0.106 e. The van der Waals surface area contributed by atoms with Gasteiger partial charge in [-0.05, 0) is 25.0 Å². The normalized spacial score (nSPS) is 13.0. The topological polar surface area (TPSA) is 12.9 Å². The molecule has 4 heteroatoms. The highest BCUT2D eigenvalue weighted by Crippen LogP contribution is 2.24. The molecule has 0 saturated carbocycles. The van der Waals surface area contributed by atoms with Crippen molar-refractivity contribution >= 4 is 21.6 Å². The summed E-state index contributed by atoms with van der Waals surface area (Å²) < 4.78 is 26.7. The van der Waals surface area contributed by atoms with Crippen molar-refractivity contribution in [3.8, 4) is 0 Å². The van der Waals surface area contributed by atoms with Gasteiger partial charge in [0.05, 0.1) is 21.9 Å². The fourth-order valence-corrected chi connectivity index (χ4v) is 2.96. The molecule has 98 valence electrons. The molecule has 0 radical (unpaired) electrons. The zero-order chi connectivity index (χ0) is 12.8. The van der Waals surface area contributed by atoms with Gasteiger partial charge in [0.1, 0.15) is 6.17 Å². The number of nitrogens with zero attached hydrogens (tertiary/aromatic N) is 1. The summed E-state index contributed by atoms with van der Waals surface area (Å²) in [7, 11) is 0. The molecule has 0 spiro atoms. The van der Waals surface area contributed by atoms with E-state index in [4.69, 9.17) is 0 Å². The minimum Gasteiger partial charge on any atom is -0.251 e. The standard InChI is InChI=1S/C14H17F2NS/c15-9-5-1-2-6-11(16)10-14-17-12-7-3-4-8-13(12)18-14/h3-4,7-8,11H,1-2,5-6,9-10H2. The van der Waals surface area contributed by atoms with Crippen molar-refractivity contribution in [2.45, 2.75) is 38.3 Å². The number of fused-ring (bicyclic) bond motifs is 1. The van der Waals surface area contributed by atoms with Crippen LogP contribution in [0, 0.1) is 0 Å². The van der Waals surface area contributed by atoms with Gasteiger partial charge in [0.25, 0.3) is 0 Å². The highest BCUT2D eigenvalue weighted by molar-refractivity contribution is 7.18. The Labute approximate surface area is 110 Å². The Balaban J connectivity index is 1.84. The predicted molar refractivity (Wildman–Crippen MR) is 72.7 cm³/mol. The Bertz CT molecular complexity index is 450. The molecule has 0 fully saturated rings. The fourth-order valence-electron chi connectivity index (χ4n) is 1.94. The van der Waals surface area contributed by atoms with E-state index >= 15 is 0 Å². The molecule has 0 N–H and O–H groups in total. The second kappa shape index (κ2) is 6.78. The zero-order valence-corrected chi connectivity index (χ0v) is 11.1. The van der Waals surface area contributed by atoms with Crippen LogP contribution in [-0.4, -0.2) is 17.8 Å². The lowest BCUT2D eigenvalue weighted by Crippen LogP contribution is -2.04. The lowest BCUT2D eigenvalue weighted by molar-refractivity contribution is 0.300. The first-order valence-electron chi connectivity index (χ1n) is 6.34. The highest BCUT2D eigenvalue weighted by atomic mass is 32.1. The lowest BCUT2D eigenvalue weighted by Gasteiger charge is -2.04. The molecule has 2 rings (SSSR count). The first kappa shape index (κ1) is 13.4. The van der Waals surface area contributed by atoms with E-state index in [1.165, 1.54) is 0 Å². The van der Waals surface area contributed by atoms with Crippen molar-refractivity contribution < 1.29 is 8.78 Å². The summed E-state index contributed by atoms with van der Waals surface area (Å²) in [5.74, 6) is 0. The van der Waals surface area contributed by atoms with Crippen molar-refractivity contribution in [3.63, 3.8) is 0 Å². The molecule has 1 nitrogen and oxygen atoms in total. The van der Waals surface area contributed by atoms with Crippen LogP contribution in [0.4, 0.5) is 8.78 Å². The number of halogens is 2. The first-order chi connectivity index (χ1) is 8.79. The molecule has 1 aromatic carbocycles. The zero-order valence-electron chi connectivity index (χ0n) is 10.2. The predicted octanol–water partition coefficient (Wildman–Crippen LogP) is 4.71. The second-order valence-electron chi connectivity index (χ2n) is 4.42. The Hall–Kier alpha value is -1.03. The van der Waals surface area contributed by atoms with Crippen LogP contribution in [0.3, 0.4) is 0 Å². The fraction of sp³-hybridized carbons (Fsp3) is 0.500. The van der Waals surface area contributed by atoms with E-state index in [1.54, 1.807) is 11.3 Å². The van der Waals surface area contributed by atoms with Gasteiger partial charge in [-0.2, -0.15) is 0 Å². The van der Waals surface area contributed by atoms with Crippen LogP contribution >= 0.6 is 11.3 Å². The first-order valence-corrected chi connectivity index (χ1v) is 7.15. The van der Waals surface area contributed by atoms with Crippen molar-refractivity contribution in [1.29, 1.82) is 0 Å². The number of aromatic nitrogens is 1. The van der Waals surface area contributed by atoms with E-state index in [1.807, 2.05) is 24.3 Å². The molecule has 1 unspecified atom stereocenters. The van der Waals surface area contributed by atoms with Gasteiger partial charge in [0.15, 0.2) is 0 Å². The van der Waals surface area contributed by atoms with Crippen LogP contribution in [0.25, 0.3) is 10.2 Å². The minimum atomic E-state index is -0.856. The van der Waals surface area contributed by atoms with Gasteiger partial charge >= 0.3 is 0 Å². The number of alkyl halides is 2. The molecule has 0 saturated heterocycles. The van der Waals surface area contributed by atoms with Gasteiger partial charge in [-0.1, -0.05) is 25.0 Å². The molecule has 0 bridgehead atoms. The highest BCUT2D eigenvalue weighted by Gasteiger charge is 2.11. The molecular weight excluding hydrogens is 252 g/mol. The van der Waals surface area contributed by atoms with Crippen LogP contribution < -0.4 is 0 Å². The molecule has 0 amide bonds. The molecule has 1 aromatic heterocycles. The number of hydrogen-bond donors (Lipinski definition) is 0. The SMILES string of the molecule is FCCCCCC(F)Cc1nc2ccccc2s1. The van der Waals surface area contributed by atoms with Crippen molar-refractivity contribution in [2.75, 3.05) is 6.67 Å². The maximum absolute atomic E-state index is 13.7. The number of hydrogen-bond acceptors (Lipinski definition) is 2. The van der Waals surface area contributed by atoms with Gasteiger partial charge in [0, 0.05) is 6.42 Å². The van der Waals surface area contributed by atoms with Crippen molar-refractivity contribution in [1.82, 2.24) is 4.98 Å². The molecule has 1 heterocycles. The third kappa shape index (κ3) is 3.73. The summed E-state index contributed by atoms with van der Waals surface area (Å²) in [6.45, 7) is -0.297. The molecule has 0 aliphatic rings.